The van der Waals surface area contributed by atoms with Crippen LogP contribution in [0.15, 0.2) is 73.1 Å². The highest BCUT2D eigenvalue weighted by Gasteiger charge is 2.49. The average molecular weight is 408 g/mol. The second-order valence-corrected chi connectivity index (χ2v) is 7.74. The molecule has 1 saturated heterocycles. The number of carbonyl (C=O) groups is 2. The Hall–Kier alpha value is -3.19. The van der Waals surface area contributed by atoms with E-state index in [-0.39, 0.29) is 35.1 Å². The molecular weight excluding hydrogens is 391 g/mol. The van der Waals surface area contributed by atoms with E-state index in [4.69, 9.17) is 0 Å². The number of benzene rings is 2. The number of phenolic OH excluding ortho intramolecular Hbond substituents is 1. The smallest absolute Gasteiger partial charge is 0.243 e. The zero-order valence-electron chi connectivity index (χ0n) is 15.2. The minimum absolute atomic E-state index is 0.0742. The molecule has 0 spiro atoms. The number of amides is 1. The molecule has 5 nitrogen and oxygen atoms in total. The average Bonchev–Trinajstić information content (AvgIpc) is 2.74. The second kappa shape index (κ2) is 8.05. The number of pyridine rings is 1. The van der Waals surface area contributed by atoms with Gasteiger partial charge in [0.2, 0.25) is 5.91 Å². The van der Waals surface area contributed by atoms with E-state index in [1.54, 1.807) is 65.8 Å². The number of carbonyl (C=O) groups excluding carboxylic acids is 2. The van der Waals surface area contributed by atoms with Crippen LogP contribution in [0.5, 0.6) is 5.75 Å². The standard InChI is InChI=1S/C22H17FN2O3S/c23-16-3-5-17(6-4-16)25-20(15-1-7-18(26)8-2-15)21(22(25)28)29-13-19(27)14-9-11-24-12-10-14/h1-12,20-21,26H,13H2/t20-,21-/m0/s1. The molecule has 3 aromatic rings. The van der Waals surface area contributed by atoms with Crippen molar-refractivity contribution in [2.45, 2.75) is 11.3 Å². The molecule has 2 heterocycles. The van der Waals surface area contributed by atoms with E-state index in [2.05, 4.69) is 4.98 Å². The largest absolute Gasteiger partial charge is 0.508 e. The molecule has 7 heteroatoms. The number of ketones is 1. The Balaban J connectivity index is 1.57. The minimum Gasteiger partial charge on any atom is -0.508 e. The van der Waals surface area contributed by atoms with Crippen LogP contribution in [0.1, 0.15) is 22.0 Å². The Morgan fingerprint density at radius 2 is 1.69 bits per heavy atom. The maximum atomic E-state index is 13.3. The predicted molar refractivity (Wildman–Crippen MR) is 110 cm³/mol. The first kappa shape index (κ1) is 19.1. The van der Waals surface area contributed by atoms with Crippen LogP contribution in [0.2, 0.25) is 0 Å². The maximum absolute atomic E-state index is 13.3. The highest BCUT2D eigenvalue weighted by molar-refractivity contribution is 8.01. The lowest BCUT2D eigenvalue weighted by Crippen LogP contribution is -2.57. The number of thioether (sulfide) groups is 1. The van der Waals surface area contributed by atoms with Crippen molar-refractivity contribution in [3.05, 3.63) is 90.0 Å². The third-order valence-electron chi connectivity index (χ3n) is 4.78. The number of aromatic nitrogens is 1. The number of anilines is 1. The van der Waals surface area contributed by atoms with E-state index in [0.717, 1.165) is 5.56 Å². The Kier molecular flexibility index (Phi) is 5.31. The van der Waals surface area contributed by atoms with E-state index in [1.165, 1.54) is 23.9 Å². The molecule has 0 unspecified atom stereocenters. The van der Waals surface area contributed by atoms with Gasteiger partial charge in [-0.05, 0) is 54.1 Å². The number of hydrogen-bond acceptors (Lipinski definition) is 5. The van der Waals surface area contributed by atoms with Gasteiger partial charge in [-0.1, -0.05) is 12.1 Å². The van der Waals surface area contributed by atoms with E-state index in [1.807, 2.05) is 0 Å². The van der Waals surface area contributed by atoms with Crippen molar-refractivity contribution < 1.29 is 19.1 Å². The molecule has 1 amide bonds. The summed E-state index contributed by atoms with van der Waals surface area (Å²) >= 11 is 1.29. The van der Waals surface area contributed by atoms with Crippen molar-refractivity contribution in [2.75, 3.05) is 10.7 Å². The van der Waals surface area contributed by atoms with Crippen molar-refractivity contribution in [1.82, 2.24) is 4.98 Å². The molecular formula is C22H17FN2O3S. The first-order chi connectivity index (χ1) is 14.0. The number of nitrogens with zero attached hydrogens (tertiary/aromatic N) is 2. The fourth-order valence-electron chi connectivity index (χ4n) is 3.30. The Morgan fingerprint density at radius 3 is 2.34 bits per heavy atom. The molecule has 0 saturated carbocycles. The van der Waals surface area contributed by atoms with Crippen LogP contribution in [-0.4, -0.2) is 32.8 Å². The third-order valence-corrected chi connectivity index (χ3v) is 6.03. The summed E-state index contributed by atoms with van der Waals surface area (Å²) in [5, 5.41) is 9.14. The molecule has 1 aliphatic rings. The van der Waals surface area contributed by atoms with Crippen molar-refractivity contribution in [3.8, 4) is 5.75 Å². The molecule has 29 heavy (non-hydrogen) atoms. The van der Waals surface area contributed by atoms with Gasteiger partial charge in [-0.2, -0.15) is 0 Å². The molecule has 2 aromatic carbocycles. The molecule has 1 N–H and O–H groups in total. The van der Waals surface area contributed by atoms with Crippen LogP contribution >= 0.6 is 11.8 Å². The van der Waals surface area contributed by atoms with Gasteiger partial charge in [0.25, 0.3) is 0 Å². The van der Waals surface area contributed by atoms with E-state index < -0.39 is 5.25 Å². The third kappa shape index (κ3) is 3.86. The lowest BCUT2D eigenvalue weighted by molar-refractivity contribution is -0.123. The summed E-state index contributed by atoms with van der Waals surface area (Å²) in [6, 6.07) is 15.3. The molecule has 2 atom stereocenters. The number of hydrogen-bond donors (Lipinski definition) is 1. The number of Topliss-reactive ketones (excluding diaryl/α,β-unsaturated/α-hetero) is 1. The number of phenols is 1. The van der Waals surface area contributed by atoms with Gasteiger partial charge in [-0.25, -0.2) is 4.39 Å². The van der Waals surface area contributed by atoms with Gasteiger partial charge in [-0.15, -0.1) is 11.8 Å². The summed E-state index contributed by atoms with van der Waals surface area (Å²) in [7, 11) is 0. The van der Waals surface area contributed by atoms with Gasteiger partial charge in [0, 0.05) is 23.6 Å². The van der Waals surface area contributed by atoms with Crippen molar-refractivity contribution >= 4 is 29.1 Å². The highest BCUT2D eigenvalue weighted by atomic mass is 32.2. The Labute approximate surface area is 171 Å². The van der Waals surface area contributed by atoms with Gasteiger partial charge < -0.3 is 10.0 Å². The molecule has 0 bridgehead atoms. The summed E-state index contributed by atoms with van der Waals surface area (Å²) in [4.78, 5) is 30.8. The number of β-lactam (4-membered cyclic amide) rings is 1. The van der Waals surface area contributed by atoms with Gasteiger partial charge in [0.15, 0.2) is 5.78 Å². The molecule has 1 aromatic heterocycles. The van der Waals surface area contributed by atoms with Crippen molar-refractivity contribution in [1.29, 1.82) is 0 Å². The van der Waals surface area contributed by atoms with Crippen molar-refractivity contribution in [3.63, 3.8) is 0 Å². The van der Waals surface area contributed by atoms with Crippen LogP contribution in [0, 0.1) is 5.82 Å². The molecule has 4 rings (SSSR count). The first-order valence-corrected chi connectivity index (χ1v) is 10.0. The Bertz CT molecular complexity index is 1030. The fraction of sp³-hybridized carbons (Fsp3) is 0.136. The first-order valence-electron chi connectivity index (χ1n) is 8.97. The topological polar surface area (TPSA) is 70.5 Å². The SMILES string of the molecule is O=C(CS[C@@H]1C(=O)N(c2ccc(F)cc2)[C@H]1c1ccc(O)cc1)c1ccncc1. The summed E-state index contributed by atoms with van der Waals surface area (Å²) in [6.45, 7) is 0. The lowest BCUT2D eigenvalue weighted by atomic mass is 9.92. The van der Waals surface area contributed by atoms with E-state index in [0.29, 0.717) is 11.3 Å². The number of halogens is 1. The maximum Gasteiger partial charge on any atom is 0.243 e. The second-order valence-electron chi connectivity index (χ2n) is 6.61. The lowest BCUT2D eigenvalue weighted by Gasteiger charge is -2.47. The molecule has 1 fully saturated rings. The van der Waals surface area contributed by atoms with E-state index in [9.17, 15) is 19.1 Å². The van der Waals surface area contributed by atoms with Gasteiger partial charge in [0.05, 0.1) is 11.8 Å². The quantitative estimate of drug-likeness (QED) is 0.493. The summed E-state index contributed by atoms with van der Waals surface area (Å²) in [5.41, 5.74) is 1.98. The predicted octanol–water partition coefficient (Wildman–Crippen LogP) is 4.00. The van der Waals surface area contributed by atoms with Crippen LogP contribution in [0.4, 0.5) is 10.1 Å². The molecule has 0 aliphatic carbocycles. The zero-order chi connectivity index (χ0) is 20.4. The van der Waals surface area contributed by atoms with Crippen LogP contribution < -0.4 is 4.90 Å². The monoisotopic (exact) mass is 408 g/mol. The zero-order valence-corrected chi connectivity index (χ0v) is 16.1. The van der Waals surface area contributed by atoms with Gasteiger partial charge >= 0.3 is 0 Å². The number of rotatable bonds is 6. The molecule has 0 radical (unpaired) electrons. The number of aromatic hydroxyl groups is 1. The van der Waals surface area contributed by atoms with Crippen molar-refractivity contribution in [2.24, 2.45) is 0 Å². The fourth-order valence-corrected chi connectivity index (χ4v) is 4.51. The van der Waals surface area contributed by atoms with Crippen LogP contribution in [0.3, 0.4) is 0 Å². The normalized spacial score (nSPS) is 18.4. The summed E-state index contributed by atoms with van der Waals surface area (Å²) < 4.78 is 13.3. The van der Waals surface area contributed by atoms with E-state index >= 15 is 0 Å². The molecule has 1 aliphatic heterocycles. The summed E-state index contributed by atoms with van der Waals surface area (Å²) in [5.74, 6) is -0.301. The van der Waals surface area contributed by atoms with Gasteiger partial charge in [0.1, 0.15) is 16.8 Å². The highest BCUT2D eigenvalue weighted by Crippen LogP contribution is 2.45. The summed E-state index contributed by atoms with van der Waals surface area (Å²) in [6.07, 6.45) is 3.11. The molecule has 146 valence electrons. The Morgan fingerprint density at radius 1 is 1.03 bits per heavy atom. The van der Waals surface area contributed by atoms with Gasteiger partial charge in [-0.3, -0.25) is 14.6 Å². The van der Waals surface area contributed by atoms with Crippen LogP contribution in [0.25, 0.3) is 0 Å². The van der Waals surface area contributed by atoms with Crippen LogP contribution in [-0.2, 0) is 4.79 Å². The minimum atomic E-state index is -0.449.